The van der Waals surface area contributed by atoms with Gasteiger partial charge in [0.15, 0.2) is 0 Å². The van der Waals surface area contributed by atoms with Gasteiger partial charge in [-0.2, -0.15) is 0 Å². The second-order valence-electron chi connectivity index (χ2n) is 2.99. The largest absolute Gasteiger partial charge is 0.468 e. The number of carbonyl (C=O) groups is 1. The number of hydrogen-bond acceptors (Lipinski definition) is 4. The molecule has 0 aliphatic heterocycles. The van der Waals surface area contributed by atoms with Crippen molar-refractivity contribution in [1.29, 1.82) is 0 Å². The molecule has 5 nitrogen and oxygen atoms in total. The molecular weight excluding hydrogens is 196 g/mol. The Morgan fingerprint density at radius 3 is 3.00 bits per heavy atom. The molecule has 1 rings (SSSR count). The number of carbonyl (C=O) groups excluding carboxylic acids is 1. The first-order valence-corrected chi connectivity index (χ1v) is 4.67. The molecule has 1 N–H and O–H groups in total. The third-order valence-electron chi connectivity index (χ3n) is 1.93. The fraction of sp³-hybridized carbons (Fsp3) is 0.400. The zero-order valence-corrected chi connectivity index (χ0v) is 8.60. The fourth-order valence-electron chi connectivity index (χ4n) is 1.11. The van der Waals surface area contributed by atoms with Gasteiger partial charge in [-0.15, -0.1) is 0 Å². The molecule has 0 amide bonds. The molecule has 0 aromatic carbocycles. The number of nitrogens with one attached hydrogen (secondary N) is 1. The third-order valence-corrected chi connectivity index (χ3v) is 1.93. The topological polar surface area (TPSA) is 60.3 Å². The van der Waals surface area contributed by atoms with Gasteiger partial charge in [0, 0.05) is 25.4 Å². The third kappa shape index (κ3) is 3.95. The number of nitrogens with zero attached hydrogens (tertiary/aromatic N) is 1. The number of methoxy groups -OCH3 is 1. The van der Waals surface area contributed by atoms with Crippen LogP contribution in [-0.2, 0) is 16.1 Å². The first kappa shape index (κ1) is 11.5. The molecule has 1 aromatic heterocycles. The Morgan fingerprint density at radius 2 is 2.33 bits per heavy atom. The second kappa shape index (κ2) is 5.98. The highest BCUT2D eigenvalue weighted by molar-refractivity contribution is 5.71. The van der Waals surface area contributed by atoms with Crippen molar-refractivity contribution in [2.45, 2.75) is 6.54 Å². The van der Waals surface area contributed by atoms with Crippen molar-refractivity contribution in [3.8, 4) is 0 Å². The number of ether oxygens (including phenoxy) is 1. The van der Waals surface area contributed by atoms with Crippen LogP contribution in [0.2, 0.25) is 0 Å². The minimum absolute atomic E-state index is 0.0441. The van der Waals surface area contributed by atoms with Gasteiger partial charge in [0.25, 0.3) is 5.56 Å². The molecule has 1 heterocycles. The van der Waals surface area contributed by atoms with Gasteiger partial charge in [0.05, 0.1) is 13.7 Å². The van der Waals surface area contributed by atoms with Crippen LogP contribution in [0.4, 0.5) is 0 Å². The Bertz CT molecular complexity index is 373. The second-order valence-corrected chi connectivity index (χ2v) is 2.99. The first-order valence-electron chi connectivity index (χ1n) is 4.67. The van der Waals surface area contributed by atoms with E-state index < -0.39 is 0 Å². The smallest absolute Gasteiger partial charge is 0.319 e. The summed E-state index contributed by atoms with van der Waals surface area (Å²) in [6, 6.07) is 4.99. The van der Waals surface area contributed by atoms with Gasteiger partial charge in [-0.3, -0.25) is 9.59 Å². The van der Waals surface area contributed by atoms with Crippen LogP contribution in [0.3, 0.4) is 0 Å². The lowest BCUT2D eigenvalue weighted by atomic mass is 10.4. The van der Waals surface area contributed by atoms with E-state index in [1.165, 1.54) is 13.2 Å². The SMILES string of the molecule is COC(=O)CNCCn1ccccc1=O. The van der Waals surface area contributed by atoms with Crippen molar-refractivity contribution in [2.24, 2.45) is 0 Å². The van der Waals surface area contributed by atoms with E-state index in [0.717, 1.165) is 0 Å². The van der Waals surface area contributed by atoms with Gasteiger partial charge in [0.2, 0.25) is 0 Å². The lowest BCUT2D eigenvalue weighted by Gasteiger charge is -2.05. The van der Waals surface area contributed by atoms with Crippen LogP contribution >= 0.6 is 0 Å². The van der Waals surface area contributed by atoms with E-state index in [-0.39, 0.29) is 18.1 Å². The highest BCUT2D eigenvalue weighted by Crippen LogP contribution is 1.80. The number of rotatable bonds is 5. The van der Waals surface area contributed by atoms with Gasteiger partial charge >= 0.3 is 5.97 Å². The molecule has 5 heteroatoms. The molecule has 0 atom stereocenters. The summed E-state index contributed by atoms with van der Waals surface area (Å²) in [5.74, 6) is -0.310. The van der Waals surface area contributed by atoms with Crippen LogP contribution in [0.1, 0.15) is 0 Å². The summed E-state index contributed by atoms with van der Waals surface area (Å²) < 4.78 is 6.03. The van der Waals surface area contributed by atoms with Gasteiger partial charge in [-0.05, 0) is 6.07 Å². The molecule has 0 bridgehead atoms. The molecule has 15 heavy (non-hydrogen) atoms. The maximum Gasteiger partial charge on any atom is 0.319 e. The monoisotopic (exact) mass is 210 g/mol. The Hall–Kier alpha value is -1.62. The maximum absolute atomic E-state index is 11.2. The summed E-state index contributed by atoms with van der Waals surface area (Å²) in [5.41, 5.74) is -0.0441. The molecule has 1 aromatic rings. The highest BCUT2D eigenvalue weighted by atomic mass is 16.5. The Labute approximate surface area is 87.7 Å². The first-order chi connectivity index (χ1) is 7.24. The zero-order chi connectivity index (χ0) is 11.1. The minimum Gasteiger partial charge on any atom is -0.468 e. The summed E-state index contributed by atoms with van der Waals surface area (Å²) >= 11 is 0. The molecular formula is C10H14N2O3. The molecule has 0 saturated heterocycles. The van der Waals surface area contributed by atoms with Crippen molar-refractivity contribution >= 4 is 5.97 Å². The summed E-state index contributed by atoms with van der Waals surface area (Å²) in [5, 5.41) is 2.88. The van der Waals surface area contributed by atoms with Crippen LogP contribution < -0.4 is 10.9 Å². The molecule has 0 aliphatic rings. The predicted octanol–water partition coefficient (Wildman–Crippen LogP) is -0.389. The van der Waals surface area contributed by atoms with E-state index in [1.54, 1.807) is 22.9 Å². The molecule has 82 valence electrons. The standard InChI is InChI=1S/C10H14N2O3/c1-15-10(14)8-11-5-7-12-6-3-2-4-9(12)13/h2-4,6,11H,5,7-8H2,1H3. The number of aromatic nitrogens is 1. The van der Waals surface area contributed by atoms with Crippen LogP contribution in [0, 0.1) is 0 Å². The number of pyridine rings is 1. The fourth-order valence-corrected chi connectivity index (χ4v) is 1.11. The average molecular weight is 210 g/mol. The molecule has 0 saturated carbocycles. The zero-order valence-electron chi connectivity index (χ0n) is 8.60. The number of hydrogen-bond donors (Lipinski definition) is 1. The van der Waals surface area contributed by atoms with Gasteiger partial charge < -0.3 is 14.6 Å². The van der Waals surface area contributed by atoms with E-state index >= 15 is 0 Å². The normalized spacial score (nSPS) is 9.93. The van der Waals surface area contributed by atoms with Crippen molar-refractivity contribution in [3.05, 3.63) is 34.7 Å². The predicted molar refractivity (Wildman–Crippen MR) is 55.6 cm³/mol. The number of esters is 1. The van der Waals surface area contributed by atoms with E-state index in [2.05, 4.69) is 10.1 Å². The molecule has 0 radical (unpaired) electrons. The van der Waals surface area contributed by atoms with E-state index in [0.29, 0.717) is 13.1 Å². The maximum atomic E-state index is 11.2. The Kier molecular flexibility index (Phi) is 4.56. The Balaban J connectivity index is 2.29. The molecule has 0 fully saturated rings. The van der Waals surface area contributed by atoms with Crippen LogP contribution in [0.15, 0.2) is 29.2 Å². The van der Waals surface area contributed by atoms with Crippen molar-refractivity contribution in [2.75, 3.05) is 20.2 Å². The van der Waals surface area contributed by atoms with Gasteiger partial charge in [-0.25, -0.2) is 0 Å². The van der Waals surface area contributed by atoms with Crippen molar-refractivity contribution in [3.63, 3.8) is 0 Å². The quantitative estimate of drug-likeness (QED) is 0.531. The highest BCUT2D eigenvalue weighted by Gasteiger charge is 1.98. The minimum atomic E-state index is -0.310. The van der Waals surface area contributed by atoms with Crippen LogP contribution in [0.25, 0.3) is 0 Å². The lowest BCUT2D eigenvalue weighted by Crippen LogP contribution is -2.30. The molecule has 0 unspecified atom stereocenters. The summed E-state index contributed by atoms with van der Waals surface area (Å²) in [7, 11) is 1.34. The van der Waals surface area contributed by atoms with Gasteiger partial charge in [-0.1, -0.05) is 6.07 Å². The summed E-state index contributed by atoms with van der Waals surface area (Å²) in [6.45, 7) is 1.26. The Morgan fingerprint density at radius 1 is 1.53 bits per heavy atom. The van der Waals surface area contributed by atoms with Crippen LogP contribution in [0.5, 0.6) is 0 Å². The molecule has 0 spiro atoms. The lowest BCUT2D eigenvalue weighted by molar-refractivity contribution is -0.139. The van der Waals surface area contributed by atoms with Crippen molar-refractivity contribution in [1.82, 2.24) is 9.88 Å². The van der Waals surface area contributed by atoms with Gasteiger partial charge in [0.1, 0.15) is 0 Å². The van der Waals surface area contributed by atoms with Crippen molar-refractivity contribution < 1.29 is 9.53 Å². The summed E-state index contributed by atoms with van der Waals surface area (Å²) in [4.78, 5) is 22.0. The average Bonchev–Trinajstić information content (AvgIpc) is 2.26. The van der Waals surface area contributed by atoms with E-state index in [9.17, 15) is 9.59 Å². The summed E-state index contributed by atoms with van der Waals surface area (Å²) in [6.07, 6.45) is 1.71. The molecule has 0 aliphatic carbocycles. The van der Waals surface area contributed by atoms with Crippen LogP contribution in [-0.4, -0.2) is 30.7 Å². The van der Waals surface area contributed by atoms with E-state index in [1.807, 2.05) is 0 Å². The van der Waals surface area contributed by atoms with E-state index in [4.69, 9.17) is 0 Å².